The molecule has 0 N–H and O–H groups in total. The number of carbonyl (C=O) groups is 1. The average molecular weight is 196 g/mol. The zero-order valence-corrected chi connectivity index (χ0v) is 8.87. The van der Waals surface area contributed by atoms with E-state index >= 15 is 0 Å². The molecule has 0 amide bonds. The Morgan fingerprint density at radius 1 is 1.50 bits per heavy atom. The molecule has 3 atom stereocenters. The number of ketones is 1. The van der Waals surface area contributed by atoms with Crippen molar-refractivity contribution < 1.29 is 14.3 Å². The van der Waals surface area contributed by atoms with Crippen LogP contribution in [-0.2, 0) is 14.3 Å². The van der Waals surface area contributed by atoms with Crippen LogP contribution in [0.1, 0.15) is 27.2 Å². The molecular formula is C11H16O3. The van der Waals surface area contributed by atoms with Crippen LogP contribution in [0.5, 0.6) is 0 Å². The second-order valence-corrected chi connectivity index (χ2v) is 4.64. The molecule has 0 bridgehead atoms. The summed E-state index contributed by atoms with van der Waals surface area (Å²) in [7, 11) is 0. The fraction of sp³-hybridized carbons (Fsp3) is 0.727. The summed E-state index contributed by atoms with van der Waals surface area (Å²) in [6.45, 7) is 9.51. The first-order chi connectivity index (χ1) is 6.41. The topological polar surface area (TPSA) is 35.5 Å². The zero-order chi connectivity index (χ0) is 10.5. The summed E-state index contributed by atoms with van der Waals surface area (Å²) in [5.74, 6) is -0.345. The molecule has 0 spiro atoms. The Bertz CT molecular complexity index is 293. The van der Waals surface area contributed by atoms with E-state index in [1.807, 2.05) is 20.8 Å². The standard InChI is InChI=1S/C11H16O3/c1-6(2)7-5-8(12)10-9(7)13-11(3,4)14-10/h7,9-10H,1,5H2,2-4H3/t7-,9-,10+/m0/s1. The molecule has 0 unspecified atom stereocenters. The van der Waals surface area contributed by atoms with Crippen LogP contribution in [0.3, 0.4) is 0 Å². The Balaban J connectivity index is 2.23. The molecule has 1 aliphatic heterocycles. The van der Waals surface area contributed by atoms with E-state index in [0.717, 1.165) is 5.57 Å². The Morgan fingerprint density at radius 2 is 2.14 bits per heavy atom. The van der Waals surface area contributed by atoms with Crippen molar-refractivity contribution in [2.24, 2.45) is 5.92 Å². The number of hydrogen-bond donors (Lipinski definition) is 0. The summed E-state index contributed by atoms with van der Waals surface area (Å²) < 4.78 is 11.3. The molecule has 2 fully saturated rings. The number of Topliss-reactive ketones (excluding diaryl/α,β-unsaturated/α-hetero) is 1. The number of carbonyl (C=O) groups excluding carboxylic acids is 1. The maximum Gasteiger partial charge on any atom is 0.165 e. The third-order valence-electron chi connectivity index (χ3n) is 2.90. The molecule has 0 aromatic carbocycles. The quantitative estimate of drug-likeness (QED) is 0.598. The summed E-state index contributed by atoms with van der Waals surface area (Å²) in [5, 5.41) is 0. The Labute approximate surface area is 84.1 Å². The van der Waals surface area contributed by atoms with Crippen LogP contribution in [0.15, 0.2) is 12.2 Å². The van der Waals surface area contributed by atoms with Gasteiger partial charge in [-0.2, -0.15) is 0 Å². The normalized spacial score (nSPS) is 39.9. The minimum absolute atomic E-state index is 0.116. The van der Waals surface area contributed by atoms with E-state index in [2.05, 4.69) is 6.58 Å². The van der Waals surface area contributed by atoms with E-state index in [1.54, 1.807) is 0 Å². The van der Waals surface area contributed by atoms with Gasteiger partial charge in [0.15, 0.2) is 11.6 Å². The SMILES string of the molecule is C=C(C)[C@@H]1CC(=O)[C@H]2OC(C)(C)O[C@H]21. The van der Waals surface area contributed by atoms with Gasteiger partial charge in [0.25, 0.3) is 0 Å². The second-order valence-electron chi connectivity index (χ2n) is 4.64. The van der Waals surface area contributed by atoms with Crippen molar-refractivity contribution in [2.45, 2.75) is 45.2 Å². The van der Waals surface area contributed by atoms with E-state index < -0.39 is 5.79 Å². The molecule has 0 aromatic heterocycles. The van der Waals surface area contributed by atoms with E-state index in [9.17, 15) is 4.79 Å². The second kappa shape index (κ2) is 2.91. The van der Waals surface area contributed by atoms with Gasteiger partial charge >= 0.3 is 0 Å². The van der Waals surface area contributed by atoms with Crippen molar-refractivity contribution in [2.75, 3.05) is 0 Å². The fourth-order valence-corrected chi connectivity index (χ4v) is 2.24. The molecule has 1 saturated carbocycles. The van der Waals surface area contributed by atoms with Crippen molar-refractivity contribution in [1.29, 1.82) is 0 Å². The summed E-state index contributed by atoms with van der Waals surface area (Å²) in [5.41, 5.74) is 1.01. The summed E-state index contributed by atoms with van der Waals surface area (Å²) in [6, 6.07) is 0. The van der Waals surface area contributed by atoms with Crippen molar-refractivity contribution in [3.8, 4) is 0 Å². The summed E-state index contributed by atoms with van der Waals surface area (Å²) in [4.78, 5) is 11.6. The van der Waals surface area contributed by atoms with Gasteiger partial charge in [0.1, 0.15) is 12.2 Å². The van der Waals surface area contributed by atoms with Crippen LogP contribution in [-0.4, -0.2) is 23.8 Å². The lowest BCUT2D eigenvalue weighted by Gasteiger charge is -2.21. The van der Waals surface area contributed by atoms with Gasteiger partial charge in [-0.25, -0.2) is 0 Å². The van der Waals surface area contributed by atoms with Crippen LogP contribution in [0, 0.1) is 5.92 Å². The van der Waals surface area contributed by atoms with Crippen molar-refractivity contribution in [3.05, 3.63) is 12.2 Å². The molecule has 1 saturated heterocycles. The minimum Gasteiger partial charge on any atom is -0.343 e. The van der Waals surface area contributed by atoms with E-state index in [4.69, 9.17) is 9.47 Å². The third kappa shape index (κ3) is 1.41. The first-order valence-electron chi connectivity index (χ1n) is 4.94. The molecule has 1 heterocycles. The monoisotopic (exact) mass is 196 g/mol. The van der Waals surface area contributed by atoms with Gasteiger partial charge in [-0.1, -0.05) is 12.2 Å². The number of rotatable bonds is 1. The highest BCUT2D eigenvalue weighted by Crippen LogP contribution is 2.41. The van der Waals surface area contributed by atoms with Gasteiger partial charge in [0, 0.05) is 12.3 Å². The lowest BCUT2D eigenvalue weighted by atomic mass is 9.98. The van der Waals surface area contributed by atoms with Crippen LogP contribution < -0.4 is 0 Å². The first-order valence-corrected chi connectivity index (χ1v) is 4.94. The fourth-order valence-electron chi connectivity index (χ4n) is 2.24. The number of hydrogen-bond acceptors (Lipinski definition) is 3. The van der Waals surface area contributed by atoms with Gasteiger partial charge < -0.3 is 9.47 Å². The highest BCUT2D eigenvalue weighted by Gasteiger charge is 2.53. The molecule has 2 aliphatic rings. The molecule has 0 radical (unpaired) electrons. The lowest BCUT2D eigenvalue weighted by Crippen LogP contribution is -2.25. The highest BCUT2D eigenvalue weighted by molar-refractivity contribution is 5.87. The maximum absolute atomic E-state index is 11.6. The predicted molar refractivity (Wildman–Crippen MR) is 51.8 cm³/mol. The van der Waals surface area contributed by atoms with Crippen LogP contribution in [0.2, 0.25) is 0 Å². The van der Waals surface area contributed by atoms with E-state index in [1.165, 1.54) is 0 Å². The Kier molecular flexibility index (Phi) is 2.05. The molecule has 78 valence electrons. The van der Waals surface area contributed by atoms with Crippen molar-refractivity contribution >= 4 is 5.78 Å². The minimum atomic E-state index is -0.626. The Hall–Kier alpha value is -0.670. The molecule has 3 heteroatoms. The van der Waals surface area contributed by atoms with Gasteiger partial charge in [-0.15, -0.1) is 0 Å². The Morgan fingerprint density at radius 3 is 2.71 bits per heavy atom. The van der Waals surface area contributed by atoms with Gasteiger partial charge in [-0.3, -0.25) is 4.79 Å². The number of fused-ring (bicyclic) bond motifs is 1. The van der Waals surface area contributed by atoms with Crippen molar-refractivity contribution in [3.63, 3.8) is 0 Å². The molecule has 0 aromatic rings. The van der Waals surface area contributed by atoms with Crippen LogP contribution in [0.25, 0.3) is 0 Å². The zero-order valence-electron chi connectivity index (χ0n) is 8.87. The largest absolute Gasteiger partial charge is 0.343 e. The third-order valence-corrected chi connectivity index (χ3v) is 2.90. The number of ether oxygens (including phenoxy) is 2. The van der Waals surface area contributed by atoms with Crippen LogP contribution >= 0.6 is 0 Å². The first kappa shape index (κ1) is 9.87. The van der Waals surface area contributed by atoms with E-state index in [0.29, 0.717) is 6.42 Å². The summed E-state index contributed by atoms with van der Waals surface area (Å²) in [6.07, 6.45) is 0.0301. The maximum atomic E-state index is 11.6. The van der Waals surface area contributed by atoms with Gasteiger partial charge in [0.2, 0.25) is 0 Å². The lowest BCUT2D eigenvalue weighted by molar-refractivity contribution is -0.161. The van der Waals surface area contributed by atoms with Gasteiger partial charge in [0.05, 0.1) is 0 Å². The van der Waals surface area contributed by atoms with Crippen molar-refractivity contribution in [1.82, 2.24) is 0 Å². The van der Waals surface area contributed by atoms with Crippen LogP contribution in [0.4, 0.5) is 0 Å². The highest BCUT2D eigenvalue weighted by atomic mass is 16.8. The molecule has 14 heavy (non-hydrogen) atoms. The molecular weight excluding hydrogens is 180 g/mol. The molecule has 3 nitrogen and oxygen atoms in total. The average Bonchev–Trinajstić information content (AvgIpc) is 2.47. The molecule has 1 aliphatic carbocycles. The molecule has 2 rings (SSSR count). The van der Waals surface area contributed by atoms with E-state index in [-0.39, 0.29) is 23.9 Å². The van der Waals surface area contributed by atoms with Gasteiger partial charge in [-0.05, 0) is 20.8 Å². The predicted octanol–water partition coefficient (Wildman–Crippen LogP) is 1.67. The smallest absolute Gasteiger partial charge is 0.165 e. The summed E-state index contributed by atoms with van der Waals surface area (Å²) >= 11 is 0.